The minimum atomic E-state index is -0.836. The van der Waals surface area contributed by atoms with Crippen LogP contribution in [0.3, 0.4) is 0 Å². The maximum Gasteiger partial charge on any atom is 0.317 e. The largest absolute Gasteiger partial charge is 0.480 e. The Morgan fingerprint density at radius 1 is 0.840 bits per heavy atom. The molecule has 0 spiro atoms. The normalized spacial score (nSPS) is 21.5. The summed E-state index contributed by atoms with van der Waals surface area (Å²) in [7, 11) is 0. The molecule has 0 saturated heterocycles. The maximum atomic E-state index is 11.0. The molecule has 2 aliphatic rings. The van der Waals surface area contributed by atoms with Crippen molar-refractivity contribution in [2.45, 2.75) is 81.2 Å². The molecule has 0 radical (unpaired) electrons. The molecule has 2 N–H and O–H groups in total. The highest BCUT2D eigenvalue weighted by Gasteiger charge is 2.31. The SMILES string of the molecule is CC(=O)S[C@H](C(=O)O)C1CCCCC1.O=C(O)[C@H](Br)C1CCCCC1. The van der Waals surface area contributed by atoms with E-state index in [2.05, 4.69) is 15.9 Å². The molecule has 0 heterocycles. The third kappa shape index (κ3) is 8.58. The molecule has 0 amide bonds. The average Bonchev–Trinajstić information content (AvgIpc) is 2.60. The second-order valence-electron chi connectivity index (χ2n) is 6.90. The molecule has 2 aliphatic carbocycles. The van der Waals surface area contributed by atoms with E-state index in [0.29, 0.717) is 5.92 Å². The van der Waals surface area contributed by atoms with E-state index in [-0.39, 0.29) is 15.9 Å². The first-order chi connectivity index (χ1) is 11.8. The van der Waals surface area contributed by atoms with Gasteiger partial charge in [0.25, 0.3) is 0 Å². The first-order valence-corrected chi connectivity index (χ1v) is 10.9. The summed E-state index contributed by atoms with van der Waals surface area (Å²) in [6, 6.07) is 0. The molecular formula is C18H29BrO5S. The van der Waals surface area contributed by atoms with Crippen molar-refractivity contribution in [2.75, 3.05) is 0 Å². The van der Waals surface area contributed by atoms with Crippen molar-refractivity contribution in [3.8, 4) is 0 Å². The van der Waals surface area contributed by atoms with Crippen LogP contribution in [0.4, 0.5) is 0 Å². The summed E-state index contributed by atoms with van der Waals surface area (Å²) in [6.07, 6.45) is 11.1. The van der Waals surface area contributed by atoms with Crippen molar-refractivity contribution in [3.05, 3.63) is 0 Å². The average molecular weight is 437 g/mol. The Balaban J connectivity index is 0.000000257. The van der Waals surface area contributed by atoms with Crippen molar-refractivity contribution in [1.82, 2.24) is 0 Å². The smallest absolute Gasteiger partial charge is 0.317 e. The minimum Gasteiger partial charge on any atom is -0.480 e. The van der Waals surface area contributed by atoms with Crippen LogP contribution in [0.5, 0.6) is 0 Å². The maximum absolute atomic E-state index is 11.0. The molecule has 2 saturated carbocycles. The van der Waals surface area contributed by atoms with E-state index in [0.717, 1.165) is 50.3 Å². The summed E-state index contributed by atoms with van der Waals surface area (Å²) in [5, 5.41) is 17.1. The zero-order valence-electron chi connectivity index (χ0n) is 14.8. The minimum absolute atomic E-state index is 0.0945. The van der Waals surface area contributed by atoms with E-state index >= 15 is 0 Å². The summed E-state index contributed by atoms with van der Waals surface area (Å²) in [5.74, 6) is -0.995. The Hall–Kier alpha value is -0.560. The van der Waals surface area contributed by atoms with E-state index < -0.39 is 17.2 Å². The predicted octanol–water partition coefficient (Wildman–Crippen LogP) is 4.71. The summed E-state index contributed by atoms with van der Waals surface area (Å²) in [4.78, 5) is 32.1. The first kappa shape index (κ1) is 22.5. The molecule has 0 aliphatic heterocycles. The summed E-state index contributed by atoms with van der Waals surface area (Å²) in [6.45, 7) is 1.43. The number of hydrogen-bond donors (Lipinski definition) is 2. The molecule has 2 fully saturated rings. The Labute approximate surface area is 162 Å². The number of carbonyl (C=O) groups excluding carboxylic acids is 1. The third-order valence-corrected chi connectivity index (χ3v) is 7.23. The van der Waals surface area contributed by atoms with Crippen molar-refractivity contribution in [3.63, 3.8) is 0 Å². The highest BCUT2D eigenvalue weighted by Crippen LogP contribution is 2.33. The number of carboxylic acids is 2. The fraction of sp³-hybridized carbons (Fsp3) is 0.833. The quantitative estimate of drug-likeness (QED) is 0.605. The number of carboxylic acid groups (broad SMARTS) is 2. The van der Waals surface area contributed by atoms with E-state index in [9.17, 15) is 14.4 Å². The lowest BCUT2D eigenvalue weighted by Crippen LogP contribution is -2.29. The second-order valence-corrected chi connectivity index (χ2v) is 9.21. The summed E-state index contributed by atoms with van der Waals surface area (Å²) < 4.78 is 0. The van der Waals surface area contributed by atoms with E-state index in [1.54, 1.807) is 0 Å². The number of alkyl halides is 1. The second kappa shape index (κ2) is 11.9. The van der Waals surface area contributed by atoms with Crippen LogP contribution >= 0.6 is 27.7 Å². The van der Waals surface area contributed by atoms with Crippen LogP contribution in [0.15, 0.2) is 0 Å². The topological polar surface area (TPSA) is 91.7 Å². The molecule has 7 heteroatoms. The van der Waals surface area contributed by atoms with Gasteiger partial charge in [0.1, 0.15) is 10.1 Å². The molecule has 0 aromatic carbocycles. The Morgan fingerprint density at radius 2 is 1.28 bits per heavy atom. The van der Waals surface area contributed by atoms with Crippen molar-refractivity contribution in [1.29, 1.82) is 0 Å². The van der Waals surface area contributed by atoms with Gasteiger partial charge in [-0.2, -0.15) is 0 Å². The number of rotatable bonds is 5. The van der Waals surface area contributed by atoms with Crippen molar-refractivity contribution >= 4 is 44.7 Å². The van der Waals surface area contributed by atoms with Crippen molar-refractivity contribution in [2.24, 2.45) is 11.8 Å². The van der Waals surface area contributed by atoms with Gasteiger partial charge in [0.15, 0.2) is 5.12 Å². The zero-order valence-corrected chi connectivity index (χ0v) is 17.2. The van der Waals surface area contributed by atoms with Gasteiger partial charge < -0.3 is 10.2 Å². The molecule has 2 rings (SSSR count). The summed E-state index contributed by atoms with van der Waals surface area (Å²) in [5.41, 5.74) is 0. The molecule has 5 nitrogen and oxygen atoms in total. The molecule has 0 aromatic heterocycles. The van der Waals surface area contributed by atoms with E-state index in [4.69, 9.17) is 10.2 Å². The van der Waals surface area contributed by atoms with Crippen LogP contribution in [0.25, 0.3) is 0 Å². The van der Waals surface area contributed by atoms with Gasteiger partial charge in [-0.15, -0.1) is 0 Å². The number of hydrogen-bond acceptors (Lipinski definition) is 4. The molecule has 0 bridgehead atoms. The molecule has 2 atom stereocenters. The Morgan fingerprint density at radius 3 is 1.64 bits per heavy atom. The molecule has 25 heavy (non-hydrogen) atoms. The number of aliphatic carboxylic acids is 2. The van der Waals surface area contributed by atoms with Crippen LogP contribution in [-0.2, 0) is 14.4 Å². The third-order valence-electron chi connectivity index (χ3n) is 4.91. The van der Waals surface area contributed by atoms with Gasteiger partial charge in [-0.3, -0.25) is 14.4 Å². The number of carbonyl (C=O) groups is 3. The lowest BCUT2D eigenvalue weighted by molar-refractivity contribution is -0.138. The van der Waals surface area contributed by atoms with Gasteiger partial charge in [-0.05, 0) is 37.5 Å². The van der Waals surface area contributed by atoms with Crippen molar-refractivity contribution < 1.29 is 24.6 Å². The van der Waals surface area contributed by atoms with E-state index in [1.807, 2.05) is 0 Å². The van der Waals surface area contributed by atoms with Gasteiger partial charge in [0, 0.05) is 6.92 Å². The molecular weight excluding hydrogens is 408 g/mol. The fourth-order valence-corrected chi connectivity index (χ4v) is 5.04. The monoisotopic (exact) mass is 436 g/mol. The Kier molecular flexibility index (Phi) is 10.7. The van der Waals surface area contributed by atoms with Crippen LogP contribution in [0.1, 0.15) is 71.1 Å². The number of halogens is 1. The standard InChI is InChI=1S/C10H16O3S.C8H13BrO2/c1-7(11)14-9(10(12)13)8-5-3-2-4-6-8;9-7(8(10)11)6-4-2-1-3-5-6/h8-9H,2-6H2,1H3,(H,12,13);6-7H,1-5H2,(H,10,11)/t9-;7-/m01/s1. The van der Waals surface area contributed by atoms with Crippen LogP contribution in [0, 0.1) is 11.8 Å². The van der Waals surface area contributed by atoms with Gasteiger partial charge >= 0.3 is 11.9 Å². The Bertz CT molecular complexity index is 445. The highest BCUT2D eigenvalue weighted by atomic mass is 79.9. The molecule has 144 valence electrons. The highest BCUT2D eigenvalue weighted by molar-refractivity contribution is 9.10. The van der Waals surface area contributed by atoms with Crippen LogP contribution in [-0.4, -0.2) is 37.3 Å². The first-order valence-electron chi connectivity index (χ1n) is 9.09. The lowest BCUT2D eigenvalue weighted by atomic mass is 9.87. The number of thioether (sulfide) groups is 1. The zero-order chi connectivity index (χ0) is 18.8. The fourth-order valence-electron chi connectivity index (χ4n) is 3.59. The lowest BCUT2D eigenvalue weighted by Gasteiger charge is -2.26. The van der Waals surface area contributed by atoms with Gasteiger partial charge in [-0.25, -0.2) is 0 Å². The van der Waals surface area contributed by atoms with Crippen LogP contribution < -0.4 is 0 Å². The summed E-state index contributed by atoms with van der Waals surface area (Å²) >= 11 is 4.18. The van der Waals surface area contributed by atoms with Gasteiger partial charge in [0.2, 0.25) is 0 Å². The van der Waals surface area contributed by atoms with Gasteiger partial charge in [0.05, 0.1) is 0 Å². The molecule has 0 unspecified atom stereocenters. The van der Waals surface area contributed by atoms with Crippen LogP contribution in [0.2, 0.25) is 0 Å². The predicted molar refractivity (Wildman–Crippen MR) is 103 cm³/mol. The molecule has 0 aromatic rings. The van der Waals surface area contributed by atoms with Gasteiger partial charge in [-0.1, -0.05) is 66.2 Å². The van der Waals surface area contributed by atoms with E-state index in [1.165, 1.54) is 32.6 Å².